The molecule has 0 saturated heterocycles. The summed E-state index contributed by atoms with van der Waals surface area (Å²) in [6, 6.07) is 32.8. The van der Waals surface area contributed by atoms with E-state index in [1.807, 2.05) is 48.5 Å². The second kappa shape index (κ2) is 9.92. The first kappa shape index (κ1) is 21.3. The number of aliphatic hydroxyl groups is 1. The first-order valence-corrected chi connectivity index (χ1v) is 11.6. The number of aromatic hydroxyl groups is 1. The van der Waals surface area contributed by atoms with E-state index in [1.54, 1.807) is 6.92 Å². The molecule has 4 aromatic carbocycles. The van der Waals surface area contributed by atoms with E-state index in [1.165, 1.54) is 16.7 Å². The highest BCUT2D eigenvalue weighted by atomic mass is 31.1. The van der Waals surface area contributed by atoms with E-state index in [2.05, 4.69) is 48.5 Å². The van der Waals surface area contributed by atoms with Crippen LogP contribution in [0, 0.1) is 0 Å². The molecule has 2 N–H and O–H groups in total. The van der Waals surface area contributed by atoms with Gasteiger partial charge in [0.25, 0.3) is 0 Å². The highest BCUT2D eigenvalue weighted by Gasteiger charge is 2.15. The predicted octanol–water partition coefficient (Wildman–Crippen LogP) is 5.26. The molecule has 0 aromatic heterocycles. The molecule has 2 unspecified atom stereocenters. The number of rotatable bonds is 7. The minimum atomic E-state index is -0.540. The SMILES string of the molecule is CC(O)c1ccccc1Pc1cc(Cc2ccccc2)cc(Cc2ccccc2)c1O. The molecule has 0 aliphatic rings. The summed E-state index contributed by atoms with van der Waals surface area (Å²) in [6.07, 6.45) is 0.964. The smallest absolute Gasteiger partial charge is 0.126 e. The van der Waals surface area contributed by atoms with Gasteiger partial charge >= 0.3 is 0 Å². The van der Waals surface area contributed by atoms with Gasteiger partial charge in [-0.2, -0.15) is 0 Å². The van der Waals surface area contributed by atoms with Gasteiger partial charge in [0, 0.05) is 11.7 Å². The highest BCUT2D eigenvalue weighted by molar-refractivity contribution is 7.55. The summed E-state index contributed by atoms with van der Waals surface area (Å²) < 4.78 is 0. The van der Waals surface area contributed by atoms with E-state index in [-0.39, 0.29) is 8.58 Å². The Morgan fingerprint density at radius 3 is 1.90 bits per heavy atom. The van der Waals surface area contributed by atoms with Crippen LogP contribution >= 0.6 is 8.58 Å². The van der Waals surface area contributed by atoms with Gasteiger partial charge in [0.05, 0.1) is 6.10 Å². The molecule has 0 amide bonds. The molecular weight excluding hydrogens is 399 g/mol. The van der Waals surface area contributed by atoms with Crippen LogP contribution in [0.2, 0.25) is 0 Å². The molecule has 4 aromatic rings. The Hall–Kier alpha value is -2.93. The number of phenols is 1. The molecule has 2 atom stereocenters. The third-order valence-electron chi connectivity index (χ3n) is 5.42. The quantitative estimate of drug-likeness (QED) is 0.396. The van der Waals surface area contributed by atoms with Gasteiger partial charge in [-0.3, -0.25) is 0 Å². The maximum Gasteiger partial charge on any atom is 0.126 e. The monoisotopic (exact) mass is 426 g/mol. The van der Waals surface area contributed by atoms with Crippen LogP contribution in [0.15, 0.2) is 97.1 Å². The molecular formula is C28H27O2P. The fourth-order valence-electron chi connectivity index (χ4n) is 3.86. The molecule has 4 rings (SSSR count). The first-order chi connectivity index (χ1) is 15.1. The van der Waals surface area contributed by atoms with Crippen LogP contribution < -0.4 is 10.6 Å². The Labute approximate surface area is 186 Å². The van der Waals surface area contributed by atoms with Crippen molar-refractivity contribution in [2.24, 2.45) is 0 Å². The van der Waals surface area contributed by atoms with Crippen LogP contribution in [-0.2, 0) is 12.8 Å². The van der Waals surface area contributed by atoms with E-state index < -0.39 is 6.10 Å². The number of benzene rings is 4. The molecule has 2 nitrogen and oxygen atoms in total. The molecule has 156 valence electrons. The van der Waals surface area contributed by atoms with Crippen LogP contribution in [-0.4, -0.2) is 10.2 Å². The fourth-order valence-corrected chi connectivity index (χ4v) is 5.30. The van der Waals surface area contributed by atoms with E-state index in [0.717, 1.165) is 28.2 Å². The van der Waals surface area contributed by atoms with E-state index in [9.17, 15) is 10.2 Å². The van der Waals surface area contributed by atoms with Crippen molar-refractivity contribution in [2.45, 2.75) is 25.9 Å². The van der Waals surface area contributed by atoms with Crippen LogP contribution in [0.1, 0.15) is 40.8 Å². The summed E-state index contributed by atoms with van der Waals surface area (Å²) in [5.74, 6) is 0.361. The predicted molar refractivity (Wildman–Crippen MR) is 131 cm³/mol. The van der Waals surface area contributed by atoms with Gasteiger partial charge in [-0.15, -0.1) is 0 Å². The van der Waals surface area contributed by atoms with Crippen LogP contribution in [0.5, 0.6) is 5.75 Å². The minimum Gasteiger partial charge on any atom is -0.507 e. The third-order valence-corrected chi connectivity index (χ3v) is 6.79. The average molecular weight is 426 g/mol. The van der Waals surface area contributed by atoms with Gasteiger partial charge in [-0.1, -0.05) is 99.6 Å². The van der Waals surface area contributed by atoms with Gasteiger partial charge in [0.2, 0.25) is 0 Å². The highest BCUT2D eigenvalue weighted by Crippen LogP contribution is 2.29. The molecule has 0 aliphatic heterocycles. The average Bonchev–Trinajstić information content (AvgIpc) is 2.78. The Balaban J connectivity index is 1.74. The summed E-state index contributed by atoms with van der Waals surface area (Å²) in [5.41, 5.74) is 5.47. The number of phenolic OH excluding ortho intramolecular Hbond substituents is 1. The Morgan fingerprint density at radius 2 is 1.26 bits per heavy atom. The minimum absolute atomic E-state index is 0.271. The lowest BCUT2D eigenvalue weighted by atomic mass is 9.98. The van der Waals surface area contributed by atoms with E-state index in [4.69, 9.17) is 0 Å². The van der Waals surface area contributed by atoms with Gasteiger partial charge < -0.3 is 10.2 Å². The number of hydrogen-bond donors (Lipinski definition) is 2. The van der Waals surface area contributed by atoms with Crippen molar-refractivity contribution in [3.63, 3.8) is 0 Å². The number of hydrogen-bond acceptors (Lipinski definition) is 2. The molecule has 0 bridgehead atoms. The van der Waals surface area contributed by atoms with Gasteiger partial charge in [0.15, 0.2) is 0 Å². The van der Waals surface area contributed by atoms with Crippen molar-refractivity contribution < 1.29 is 10.2 Å². The molecule has 0 radical (unpaired) electrons. The van der Waals surface area contributed by atoms with Gasteiger partial charge in [0.1, 0.15) is 5.75 Å². The molecule has 0 fully saturated rings. The summed E-state index contributed by atoms with van der Waals surface area (Å²) in [6.45, 7) is 1.79. The lowest BCUT2D eigenvalue weighted by Gasteiger charge is -2.16. The normalized spacial score (nSPS) is 12.3. The van der Waals surface area contributed by atoms with Crippen molar-refractivity contribution in [3.05, 3.63) is 125 Å². The lowest BCUT2D eigenvalue weighted by molar-refractivity contribution is 0.200. The maximum atomic E-state index is 11.2. The van der Waals surface area contributed by atoms with Gasteiger partial charge in [-0.05, 0) is 52.5 Å². The summed E-state index contributed by atoms with van der Waals surface area (Å²) in [7, 11) is 0.271. The molecule has 3 heteroatoms. The Morgan fingerprint density at radius 1 is 0.677 bits per heavy atom. The molecule has 0 saturated carbocycles. The topological polar surface area (TPSA) is 40.5 Å². The zero-order valence-corrected chi connectivity index (χ0v) is 18.6. The zero-order chi connectivity index (χ0) is 21.6. The van der Waals surface area contributed by atoms with Crippen molar-refractivity contribution in [2.75, 3.05) is 0 Å². The van der Waals surface area contributed by atoms with Gasteiger partial charge in [-0.25, -0.2) is 0 Å². The van der Waals surface area contributed by atoms with Crippen molar-refractivity contribution in [1.29, 1.82) is 0 Å². The zero-order valence-electron chi connectivity index (χ0n) is 17.6. The standard InChI is InChI=1S/C28H27O2P/c1-20(29)25-14-8-9-15-26(25)31-27-19-23(16-21-10-4-2-5-11-21)18-24(28(27)30)17-22-12-6-3-7-13-22/h2-15,18-20,29-31H,16-17H2,1H3. The summed E-state index contributed by atoms with van der Waals surface area (Å²) in [4.78, 5) is 0. The van der Waals surface area contributed by atoms with Crippen LogP contribution in [0.3, 0.4) is 0 Å². The molecule has 0 heterocycles. The van der Waals surface area contributed by atoms with Crippen molar-refractivity contribution in [1.82, 2.24) is 0 Å². The summed E-state index contributed by atoms with van der Waals surface area (Å²) in [5, 5.41) is 23.4. The molecule has 31 heavy (non-hydrogen) atoms. The maximum absolute atomic E-state index is 11.2. The lowest BCUT2D eigenvalue weighted by Crippen LogP contribution is -2.13. The van der Waals surface area contributed by atoms with E-state index in [0.29, 0.717) is 12.2 Å². The largest absolute Gasteiger partial charge is 0.507 e. The molecule has 0 spiro atoms. The van der Waals surface area contributed by atoms with Crippen LogP contribution in [0.25, 0.3) is 0 Å². The Kier molecular flexibility index (Phi) is 6.82. The second-order valence-electron chi connectivity index (χ2n) is 7.86. The third kappa shape index (κ3) is 5.41. The summed E-state index contributed by atoms with van der Waals surface area (Å²) >= 11 is 0. The van der Waals surface area contributed by atoms with Crippen molar-refractivity contribution in [3.8, 4) is 5.75 Å². The number of aliphatic hydroxyl groups excluding tert-OH is 1. The van der Waals surface area contributed by atoms with E-state index >= 15 is 0 Å². The van der Waals surface area contributed by atoms with Crippen molar-refractivity contribution >= 4 is 19.2 Å². The second-order valence-corrected chi connectivity index (χ2v) is 9.19. The van der Waals surface area contributed by atoms with Crippen LogP contribution in [0.4, 0.5) is 0 Å². The first-order valence-electron chi connectivity index (χ1n) is 10.6. The molecule has 0 aliphatic carbocycles. The Bertz CT molecular complexity index is 1140. The fraction of sp³-hybridized carbons (Fsp3) is 0.143.